The lowest BCUT2D eigenvalue weighted by Gasteiger charge is -2.15. The van der Waals surface area contributed by atoms with Crippen LogP contribution in [0.2, 0.25) is 0 Å². The van der Waals surface area contributed by atoms with Crippen molar-refractivity contribution in [1.82, 2.24) is 9.66 Å². The summed E-state index contributed by atoms with van der Waals surface area (Å²) in [5.74, 6) is 2.06. The number of rotatable bonds is 8. The third kappa shape index (κ3) is 5.34. The summed E-state index contributed by atoms with van der Waals surface area (Å²) in [6.45, 7) is 10.5. The fourth-order valence-electron chi connectivity index (χ4n) is 3.13. The first-order chi connectivity index (χ1) is 14.8. The Morgan fingerprint density at radius 2 is 1.90 bits per heavy atom. The SMILES string of the molecule is CCOc1cc(C=Nn2c([C@H](C)CC)nc3ccc(Br)cc3c2=O)ccc1OC(C)C. The van der Waals surface area contributed by atoms with Crippen molar-refractivity contribution in [3.8, 4) is 11.5 Å². The zero-order valence-electron chi connectivity index (χ0n) is 18.6. The summed E-state index contributed by atoms with van der Waals surface area (Å²) < 4.78 is 13.8. The van der Waals surface area contributed by atoms with Crippen LogP contribution in [0.25, 0.3) is 10.9 Å². The number of hydrogen-bond donors (Lipinski definition) is 0. The summed E-state index contributed by atoms with van der Waals surface area (Å²) in [4.78, 5) is 18.0. The van der Waals surface area contributed by atoms with Gasteiger partial charge < -0.3 is 9.47 Å². The average Bonchev–Trinajstić information content (AvgIpc) is 2.74. The molecule has 0 amide bonds. The van der Waals surface area contributed by atoms with Crippen LogP contribution in [0.1, 0.15) is 58.3 Å². The van der Waals surface area contributed by atoms with Gasteiger partial charge in [-0.05, 0) is 69.2 Å². The molecule has 0 aliphatic heterocycles. The van der Waals surface area contributed by atoms with Gasteiger partial charge in [0.2, 0.25) is 0 Å². The van der Waals surface area contributed by atoms with Gasteiger partial charge in [-0.1, -0.05) is 29.8 Å². The summed E-state index contributed by atoms with van der Waals surface area (Å²) in [5.41, 5.74) is 1.28. The second kappa shape index (κ2) is 10.1. The number of nitrogens with zero attached hydrogens (tertiary/aromatic N) is 3. The molecule has 0 aliphatic carbocycles. The Labute approximate surface area is 191 Å². The molecule has 1 atom stereocenters. The zero-order chi connectivity index (χ0) is 22.5. The van der Waals surface area contributed by atoms with Crippen molar-refractivity contribution >= 4 is 33.0 Å². The first-order valence-corrected chi connectivity index (χ1v) is 11.3. The predicted octanol–water partition coefficient (Wildman–Crippen LogP) is 5.74. The van der Waals surface area contributed by atoms with Crippen LogP contribution in [0.15, 0.2) is 50.8 Å². The smallest absolute Gasteiger partial charge is 0.282 e. The monoisotopic (exact) mass is 485 g/mol. The summed E-state index contributed by atoms with van der Waals surface area (Å²) in [6, 6.07) is 11.1. The first kappa shape index (κ1) is 23.0. The molecule has 0 unspecified atom stereocenters. The molecule has 0 N–H and O–H groups in total. The van der Waals surface area contributed by atoms with E-state index in [4.69, 9.17) is 14.5 Å². The van der Waals surface area contributed by atoms with Crippen LogP contribution in [0.5, 0.6) is 11.5 Å². The van der Waals surface area contributed by atoms with E-state index >= 15 is 0 Å². The van der Waals surface area contributed by atoms with Crippen LogP contribution in [0, 0.1) is 0 Å². The van der Waals surface area contributed by atoms with Gasteiger partial charge in [-0.15, -0.1) is 0 Å². The normalized spacial score (nSPS) is 12.6. The van der Waals surface area contributed by atoms with Crippen LogP contribution in [-0.4, -0.2) is 28.6 Å². The molecule has 2 aromatic carbocycles. The van der Waals surface area contributed by atoms with Crippen LogP contribution in [-0.2, 0) is 0 Å². The standard InChI is InChI=1S/C24H28BrN3O3/c1-6-16(5)23-27-20-10-9-18(25)13-19(20)24(29)28(23)26-14-17-8-11-21(31-15(3)4)22(12-17)30-7-2/h8-16H,6-7H2,1-5H3/t16-/m1/s1. The molecule has 0 saturated heterocycles. The average molecular weight is 486 g/mol. The lowest BCUT2D eigenvalue weighted by atomic mass is 10.1. The molecule has 0 bridgehead atoms. The lowest BCUT2D eigenvalue weighted by molar-refractivity contribution is 0.224. The quantitative estimate of drug-likeness (QED) is 0.381. The number of fused-ring (bicyclic) bond motifs is 1. The minimum atomic E-state index is -0.192. The molecule has 6 nitrogen and oxygen atoms in total. The fourth-order valence-corrected chi connectivity index (χ4v) is 3.49. The summed E-state index contributed by atoms with van der Waals surface area (Å²) in [7, 11) is 0. The highest BCUT2D eigenvalue weighted by atomic mass is 79.9. The van der Waals surface area contributed by atoms with E-state index in [1.165, 1.54) is 4.68 Å². The Morgan fingerprint density at radius 1 is 1.13 bits per heavy atom. The molecule has 0 fully saturated rings. The highest BCUT2D eigenvalue weighted by Gasteiger charge is 2.16. The van der Waals surface area contributed by atoms with Gasteiger partial charge in [0.05, 0.1) is 29.8 Å². The summed E-state index contributed by atoms with van der Waals surface area (Å²) in [5, 5.41) is 5.04. The van der Waals surface area contributed by atoms with Crippen LogP contribution in [0.3, 0.4) is 0 Å². The van der Waals surface area contributed by atoms with Gasteiger partial charge >= 0.3 is 0 Å². The number of aromatic nitrogens is 2. The van der Waals surface area contributed by atoms with Gasteiger partial charge in [0.1, 0.15) is 5.82 Å². The second-order valence-electron chi connectivity index (χ2n) is 7.61. The van der Waals surface area contributed by atoms with Gasteiger partial charge in [0, 0.05) is 10.4 Å². The molecule has 164 valence electrons. The zero-order valence-corrected chi connectivity index (χ0v) is 20.1. The third-order valence-corrected chi connectivity index (χ3v) is 5.33. The van der Waals surface area contributed by atoms with Crippen molar-refractivity contribution < 1.29 is 9.47 Å². The number of benzene rings is 2. The summed E-state index contributed by atoms with van der Waals surface area (Å²) >= 11 is 3.43. The number of ether oxygens (including phenoxy) is 2. The summed E-state index contributed by atoms with van der Waals surface area (Å²) in [6.07, 6.45) is 2.54. The number of halogens is 1. The van der Waals surface area contributed by atoms with E-state index in [0.29, 0.717) is 34.8 Å². The van der Waals surface area contributed by atoms with E-state index in [1.807, 2.05) is 58.0 Å². The molecular weight excluding hydrogens is 458 g/mol. The van der Waals surface area contributed by atoms with Gasteiger partial charge in [0.15, 0.2) is 11.5 Å². The fraction of sp³-hybridized carbons (Fsp3) is 0.375. The first-order valence-electron chi connectivity index (χ1n) is 10.5. The highest BCUT2D eigenvalue weighted by molar-refractivity contribution is 9.10. The van der Waals surface area contributed by atoms with E-state index in [1.54, 1.807) is 12.3 Å². The molecular formula is C24H28BrN3O3. The lowest BCUT2D eigenvalue weighted by Crippen LogP contribution is -2.23. The van der Waals surface area contributed by atoms with Crippen molar-refractivity contribution in [3.63, 3.8) is 0 Å². The number of hydrogen-bond acceptors (Lipinski definition) is 5. The van der Waals surface area contributed by atoms with E-state index in [9.17, 15) is 4.79 Å². The van der Waals surface area contributed by atoms with E-state index < -0.39 is 0 Å². The minimum Gasteiger partial charge on any atom is -0.490 e. The molecule has 0 radical (unpaired) electrons. The van der Waals surface area contributed by atoms with Gasteiger partial charge in [-0.25, -0.2) is 4.98 Å². The third-order valence-electron chi connectivity index (χ3n) is 4.84. The Bertz CT molecular complexity index is 1150. The molecule has 31 heavy (non-hydrogen) atoms. The van der Waals surface area contributed by atoms with Gasteiger partial charge in [-0.2, -0.15) is 9.78 Å². The van der Waals surface area contributed by atoms with Crippen molar-refractivity contribution in [2.75, 3.05) is 6.61 Å². The second-order valence-corrected chi connectivity index (χ2v) is 8.52. The maximum Gasteiger partial charge on any atom is 0.282 e. The minimum absolute atomic E-state index is 0.0402. The molecule has 0 spiro atoms. The van der Waals surface area contributed by atoms with E-state index in [-0.39, 0.29) is 17.6 Å². The molecule has 0 saturated carbocycles. The topological polar surface area (TPSA) is 65.7 Å². The maximum atomic E-state index is 13.2. The Kier molecular flexibility index (Phi) is 7.49. The van der Waals surface area contributed by atoms with Crippen molar-refractivity contribution in [2.45, 2.75) is 53.1 Å². The molecule has 7 heteroatoms. The van der Waals surface area contributed by atoms with E-state index in [2.05, 4.69) is 28.0 Å². The molecule has 3 aromatic rings. The van der Waals surface area contributed by atoms with Crippen LogP contribution < -0.4 is 15.0 Å². The highest BCUT2D eigenvalue weighted by Crippen LogP contribution is 2.29. The van der Waals surface area contributed by atoms with Crippen molar-refractivity contribution in [2.24, 2.45) is 5.10 Å². The molecule has 1 aromatic heterocycles. The van der Waals surface area contributed by atoms with Crippen LogP contribution in [0.4, 0.5) is 0 Å². The molecule has 1 heterocycles. The Morgan fingerprint density at radius 3 is 2.58 bits per heavy atom. The maximum absolute atomic E-state index is 13.2. The van der Waals surface area contributed by atoms with Crippen LogP contribution >= 0.6 is 15.9 Å². The van der Waals surface area contributed by atoms with Gasteiger partial charge in [-0.3, -0.25) is 4.79 Å². The molecule has 3 rings (SSSR count). The van der Waals surface area contributed by atoms with Crippen molar-refractivity contribution in [1.29, 1.82) is 0 Å². The predicted molar refractivity (Wildman–Crippen MR) is 129 cm³/mol. The van der Waals surface area contributed by atoms with Gasteiger partial charge in [0.25, 0.3) is 5.56 Å². The van der Waals surface area contributed by atoms with E-state index in [0.717, 1.165) is 16.5 Å². The Balaban J connectivity index is 2.08. The van der Waals surface area contributed by atoms with Crippen molar-refractivity contribution in [3.05, 3.63) is 62.6 Å². The molecule has 0 aliphatic rings. The Hall–Kier alpha value is -2.67. The largest absolute Gasteiger partial charge is 0.490 e.